The number of phenolic OH excluding ortho intramolecular Hbond substituents is 1. The molecule has 0 aromatic heterocycles. The fourth-order valence-corrected chi connectivity index (χ4v) is 9.52. The van der Waals surface area contributed by atoms with E-state index in [4.69, 9.17) is 9.47 Å². The highest BCUT2D eigenvalue weighted by Crippen LogP contribution is 2.71. The lowest BCUT2D eigenvalue weighted by Crippen LogP contribution is -2.72. The van der Waals surface area contributed by atoms with Gasteiger partial charge in [-0.25, -0.2) is 0 Å². The molecule has 3 aliphatic carbocycles. The summed E-state index contributed by atoms with van der Waals surface area (Å²) in [5, 5.41) is 10.9. The van der Waals surface area contributed by atoms with Crippen molar-refractivity contribution < 1.29 is 19.4 Å². The van der Waals surface area contributed by atoms with Crippen molar-refractivity contribution in [3.8, 4) is 11.5 Å². The molecule has 4 saturated heterocycles. The van der Waals surface area contributed by atoms with Crippen molar-refractivity contribution in [2.75, 3.05) is 52.5 Å². The van der Waals surface area contributed by atoms with Crippen LogP contribution in [0.4, 0.5) is 0 Å². The largest absolute Gasteiger partial charge is 0.504 e. The van der Waals surface area contributed by atoms with E-state index in [2.05, 4.69) is 20.8 Å². The first-order chi connectivity index (χ1) is 17.6. The van der Waals surface area contributed by atoms with Gasteiger partial charge in [0.1, 0.15) is 6.10 Å². The number of morpholine rings is 1. The predicted octanol–water partition coefficient (Wildman–Crippen LogP) is 2.53. The zero-order valence-electron chi connectivity index (χ0n) is 21.3. The van der Waals surface area contributed by atoms with Crippen LogP contribution in [0.25, 0.3) is 0 Å². The Bertz CT molecular complexity index is 1080. The average Bonchev–Trinajstić information content (AvgIpc) is 3.69. The third-order valence-electron chi connectivity index (χ3n) is 11.3. The van der Waals surface area contributed by atoms with Crippen LogP contribution < -0.4 is 4.74 Å². The van der Waals surface area contributed by atoms with Crippen molar-refractivity contribution in [3.63, 3.8) is 0 Å². The number of rotatable bonds is 5. The topological polar surface area (TPSA) is 65.5 Å². The van der Waals surface area contributed by atoms with Gasteiger partial charge in [0.15, 0.2) is 11.5 Å². The summed E-state index contributed by atoms with van der Waals surface area (Å²) in [5.74, 6) is 2.19. The van der Waals surface area contributed by atoms with E-state index < -0.39 is 0 Å². The summed E-state index contributed by atoms with van der Waals surface area (Å²) >= 11 is 0. The Morgan fingerprint density at radius 2 is 1.92 bits per heavy atom. The SMILES string of the molecule is O=C(CCN1CCOCC1)N1CC[C@@]23CC[C@@H]1[C@@H]1Oc4c(O)ccc5c4[C@@]12CCN(CC1CC1)[C@@H]3C5. The lowest BCUT2D eigenvalue weighted by molar-refractivity contribution is -0.144. The molecule has 5 heterocycles. The van der Waals surface area contributed by atoms with Gasteiger partial charge in [-0.2, -0.15) is 0 Å². The summed E-state index contributed by atoms with van der Waals surface area (Å²) in [6.45, 7) is 7.40. The number of carbonyl (C=O) groups excluding carboxylic acids is 1. The van der Waals surface area contributed by atoms with Crippen LogP contribution in [0.2, 0.25) is 0 Å². The highest BCUT2D eigenvalue weighted by Gasteiger charge is 2.74. The van der Waals surface area contributed by atoms with E-state index in [1.165, 1.54) is 36.9 Å². The third-order valence-corrected chi connectivity index (χ3v) is 11.3. The van der Waals surface area contributed by atoms with Gasteiger partial charge < -0.3 is 19.5 Å². The first-order valence-corrected chi connectivity index (χ1v) is 14.5. The summed E-state index contributed by atoms with van der Waals surface area (Å²) in [4.78, 5) is 21.2. The first kappa shape index (κ1) is 22.2. The summed E-state index contributed by atoms with van der Waals surface area (Å²) < 4.78 is 12.3. The molecule has 6 fully saturated rings. The number of likely N-dealkylation sites (tertiary alicyclic amines) is 1. The van der Waals surface area contributed by atoms with Gasteiger partial charge in [0.25, 0.3) is 0 Å². The molecule has 194 valence electrons. The van der Waals surface area contributed by atoms with Crippen LogP contribution in [-0.4, -0.2) is 96.4 Å². The van der Waals surface area contributed by atoms with Crippen molar-refractivity contribution in [2.24, 2.45) is 11.3 Å². The fourth-order valence-electron chi connectivity index (χ4n) is 9.52. The molecule has 5 atom stereocenters. The normalized spacial score (nSPS) is 39.0. The Morgan fingerprint density at radius 3 is 2.75 bits per heavy atom. The molecule has 0 radical (unpaired) electrons. The summed E-state index contributed by atoms with van der Waals surface area (Å²) in [6, 6.07) is 4.64. The van der Waals surface area contributed by atoms with Crippen molar-refractivity contribution in [1.82, 2.24) is 14.7 Å². The van der Waals surface area contributed by atoms with E-state index >= 15 is 0 Å². The second-order valence-electron chi connectivity index (χ2n) is 12.7. The number of ether oxygens (including phenoxy) is 2. The van der Waals surface area contributed by atoms with Gasteiger partial charge in [-0.15, -0.1) is 0 Å². The second-order valence-corrected chi connectivity index (χ2v) is 12.7. The quantitative estimate of drug-likeness (QED) is 0.680. The number of amides is 1. The minimum Gasteiger partial charge on any atom is -0.504 e. The molecular weight excluding hydrogens is 454 g/mol. The van der Waals surface area contributed by atoms with Gasteiger partial charge in [-0.1, -0.05) is 6.07 Å². The van der Waals surface area contributed by atoms with Gasteiger partial charge >= 0.3 is 0 Å². The van der Waals surface area contributed by atoms with E-state index in [9.17, 15) is 9.90 Å². The molecule has 4 bridgehead atoms. The number of nitrogens with zero attached hydrogens (tertiary/aromatic N) is 3. The number of benzene rings is 1. The van der Waals surface area contributed by atoms with E-state index in [0.717, 1.165) is 83.3 Å². The molecule has 36 heavy (non-hydrogen) atoms. The van der Waals surface area contributed by atoms with Crippen LogP contribution in [0.1, 0.15) is 56.1 Å². The monoisotopic (exact) mass is 493 g/mol. The van der Waals surface area contributed by atoms with E-state index in [1.54, 1.807) is 0 Å². The standard InChI is InChI=1S/C29H39N3O4/c33-22-4-3-20-17-23-28-7-5-21(32(12-8-28)24(34)6-10-30-13-15-35-16-14-30)27-29(28,25(20)26(22)36-27)9-11-31(23)18-19-1-2-19/h3-4,19,21,23,27,33H,1-2,5-18H2/t21-,23-,27+,28-,29+/m1/s1. The Kier molecular flexibility index (Phi) is 4.83. The maximum Gasteiger partial charge on any atom is 0.224 e. The fraction of sp³-hybridized carbons (Fsp3) is 0.759. The molecule has 7 nitrogen and oxygen atoms in total. The van der Waals surface area contributed by atoms with Crippen molar-refractivity contribution >= 4 is 5.91 Å². The smallest absolute Gasteiger partial charge is 0.224 e. The molecule has 2 saturated carbocycles. The van der Waals surface area contributed by atoms with Crippen molar-refractivity contribution in [3.05, 3.63) is 23.3 Å². The summed E-state index contributed by atoms with van der Waals surface area (Å²) in [7, 11) is 0. The highest BCUT2D eigenvalue weighted by molar-refractivity contribution is 5.77. The van der Waals surface area contributed by atoms with Gasteiger partial charge in [-0.05, 0) is 69.0 Å². The van der Waals surface area contributed by atoms with Crippen LogP contribution >= 0.6 is 0 Å². The zero-order valence-corrected chi connectivity index (χ0v) is 21.3. The number of piperidine rings is 1. The number of carbonyl (C=O) groups is 1. The number of hydrogen-bond donors (Lipinski definition) is 1. The Labute approximate surface area is 213 Å². The molecule has 1 N–H and O–H groups in total. The number of phenols is 1. The molecular formula is C29H39N3O4. The molecule has 1 amide bonds. The Hall–Kier alpha value is -1.83. The van der Waals surface area contributed by atoms with Gasteiger partial charge in [0, 0.05) is 61.6 Å². The second kappa shape index (κ2) is 7.84. The Morgan fingerprint density at radius 1 is 1.06 bits per heavy atom. The lowest BCUT2D eigenvalue weighted by Gasteiger charge is -2.66. The minimum atomic E-state index is -0.0679. The summed E-state index contributed by atoms with van der Waals surface area (Å²) in [6.07, 6.45) is 8.72. The van der Waals surface area contributed by atoms with Crippen LogP contribution in [0.3, 0.4) is 0 Å². The van der Waals surface area contributed by atoms with Gasteiger partial charge in [0.05, 0.1) is 19.3 Å². The van der Waals surface area contributed by atoms with Crippen molar-refractivity contribution in [1.29, 1.82) is 0 Å². The maximum atomic E-state index is 13.8. The number of fused-ring (bicyclic) bond motifs is 3. The molecule has 9 rings (SSSR count). The van der Waals surface area contributed by atoms with Crippen LogP contribution in [0.5, 0.6) is 11.5 Å². The van der Waals surface area contributed by atoms with Crippen LogP contribution in [0.15, 0.2) is 12.1 Å². The van der Waals surface area contributed by atoms with Crippen LogP contribution in [-0.2, 0) is 21.4 Å². The summed E-state index contributed by atoms with van der Waals surface area (Å²) in [5.41, 5.74) is 2.77. The van der Waals surface area contributed by atoms with E-state index in [1.807, 2.05) is 6.07 Å². The Balaban J connectivity index is 1.17. The lowest BCUT2D eigenvalue weighted by atomic mass is 9.42. The number of aromatic hydroxyl groups is 1. The third kappa shape index (κ3) is 2.88. The molecule has 2 spiro atoms. The number of hydrogen-bond acceptors (Lipinski definition) is 6. The van der Waals surface area contributed by atoms with Gasteiger partial charge in [0.2, 0.25) is 5.91 Å². The van der Waals surface area contributed by atoms with Crippen molar-refractivity contribution in [2.45, 2.75) is 75.0 Å². The molecule has 7 heteroatoms. The predicted molar refractivity (Wildman–Crippen MR) is 134 cm³/mol. The minimum absolute atomic E-state index is 0.0333. The average molecular weight is 494 g/mol. The molecule has 1 aromatic carbocycles. The molecule has 5 aliphatic heterocycles. The van der Waals surface area contributed by atoms with Crippen LogP contribution in [0, 0.1) is 11.3 Å². The van der Waals surface area contributed by atoms with Gasteiger partial charge in [-0.3, -0.25) is 14.6 Å². The zero-order chi connectivity index (χ0) is 24.1. The molecule has 8 aliphatic rings. The molecule has 1 aromatic rings. The maximum absolute atomic E-state index is 13.8. The first-order valence-electron chi connectivity index (χ1n) is 14.5. The van der Waals surface area contributed by atoms with E-state index in [-0.39, 0.29) is 34.6 Å². The highest BCUT2D eigenvalue weighted by atomic mass is 16.5. The molecule has 0 unspecified atom stereocenters. The van der Waals surface area contributed by atoms with E-state index in [0.29, 0.717) is 12.5 Å².